The van der Waals surface area contributed by atoms with E-state index >= 15 is 0 Å². The smallest absolute Gasteiger partial charge is 0.336 e. The normalized spacial score (nSPS) is 9.94. The molecule has 0 saturated carbocycles. The highest BCUT2D eigenvalue weighted by molar-refractivity contribution is 5.94. The van der Waals surface area contributed by atoms with Gasteiger partial charge in [-0.1, -0.05) is 0 Å². The second-order valence-corrected chi connectivity index (χ2v) is 3.94. The van der Waals surface area contributed by atoms with Crippen LogP contribution in [0.2, 0.25) is 0 Å². The Hall–Kier alpha value is -2.08. The number of aryl methyl sites for hydroxylation is 1. The Labute approximate surface area is 105 Å². The van der Waals surface area contributed by atoms with Crippen LogP contribution in [-0.2, 0) is 0 Å². The molecule has 0 aliphatic rings. The van der Waals surface area contributed by atoms with Gasteiger partial charge in [-0.2, -0.15) is 0 Å². The first-order chi connectivity index (χ1) is 8.45. The summed E-state index contributed by atoms with van der Waals surface area (Å²) < 4.78 is 0. The van der Waals surface area contributed by atoms with E-state index in [9.17, 15) is 9.59 Å². The third-order valence-corrected chi connectivity index (χ3v) is 2.59. The van der Waals surface area contributed by atoms with E-state index in [2.05, 4.69) is 10.6 Å². The molecular formula is C12H17N3O3. The number of nitrogens with one attached hydrogen (secondary N) is 2. The molecule has 0 fully saturated rings. The number of carboxylic acid groups (broad SMARTS) is 1. The van der Waals surface area contributed by atoms with Gasteiger partial charge in [0, 0.05) is 18.8 Å². The summed E-state index contributed by atoms with van der Waals surface area (Å²) in [5, 5.41) is 14.2. The molecule has 0 aliphatic heterocycles. The zero-order valence-corrected chi connectivity index (χ0v) is 10.4. The minimum absolute atomic E-state index is 0.184. The molecule has 0 spiro atoms. The molecule has 5 N–H and O–H groups in total. The molecule has 0 aliphatic carbocycles. The van der Waals surface area contributed by atoms with Crippen molar-refractivity contribution in [3.63, 3.8) is 0 Å². The van der Waals surface area contributed by atoms with Crippen LogP contribution in [0, 0.1) is 13.8 Å². The summed E-state index contributed by atoms with van der Waals surface area (Å²) in [7, 11) is 0. The Morgan fingerprint density at radius 3 is 2.56 bits per heavy atom. The average molecular weight is 251 g/mol. The second kappa shape index (κ2) is 6.02. The summed E-state index contributed by atoms with van der Waals surface area (Å²) in [4.78, 5) is 22.5. The Morgan fingerprint density at radius 1 is 1.33 bits per heavy atom. The monoisotopic (exact) mass is 251 g/mol. The van der Waals surface area contributed by atoms with Crippen LogP contribution in [0.3, 0.4) is 0 Å². The Balaban J connectivity index is 2.90. The fourth-order valence-corrected chi connectivity index (χ4v) is 1.51. The first-order valence-corrected chi connectivity index (χ1v) is 5.55. The number of hydrogen-bond acceptors (Lipinski definition) is 3. The van der Waals surface area contributed by atoms with E-state index in [0.29, 0.717) is 24.3 Å². The van der Waals surface area contributed by atoms with Crippen LogP contribution in [0.4, 0.5) is 10.5 Å². The van der Waals surface area contributed by atoms with Gasteiger partial charge in [-0.05, 0) is 37.1 Å². The number of benzene rings is 1. The van der Waals surface area contributed by atoms with Gasteiger partial charge in [0.15, 0.2) is 0 Å². The topological polar surface area (TPSA) is 104 Å². The second-order valence-electron chi connectivity index (χ2n) is 3.94. The van der Waals surface area contributed by atoms with Crippen LogP contribution in [0.5, 0.6) is 0 Å². The lowest BCUT2D eigenvalue weighted by Gasteiger charge is -2.11. The van der Waals surface area contributed by atoms with Gasteiger partial charge >= 0.3 is 12.0 Å². The summed E-state index contributed by atoms with van der Waals surface area (Å²) in [5.74, 6) is -1.01. The first kappa shape index (κ1) is 14.0. The predicted octanol–water partition coefficient (Wildman–Crippen LogP) is 1.08. The Kier molecular flexibility index (Phi) is 4.67. The summed E-state index contributed by atoms with van der Waals surface area (Å²) in [6.45, 7) is 4.24. The molecule has 0 radical (unpaired) electrons. The molecule has 0 unspecified atom stereocenters. The van der Waals surface area contributed by atoms with E-state index in [4.69, 9.17) is 10.8 Å². The van der Waals surface area contributed by atoms with E-state index in [-0.39, 0.29) is 5.56 Å². The Morgan fingerprint density at radius 2 is 2.00 bits per heavy atom. The molecule has 0 bridgehead atoms. The van der Waals surface area contributed by atoms with Gasteiger partial charge in [0.1, 0.15) is 0 Å². The number of carbonyl (C=O) groups excluding carboxylic acids is 1. The molecule has 98 valence electrons. The number of urea groups is 1. The van der Waals surface area contributed by atoms with E-state index in [1.165, 1.54) is 6.07 Å². The standard InChI is InChI=1S/C12H17N3O3/c1-7-5-9(15-12(18)14-4-3-13)6-10(8(7)2)11(16)17/h5-6H,3-4,13H2,1-2H3,(H,16,17)(H2,14,15,18). The lowest BCUT2D eigenvalue weighted by Crippen LogP contribution is -2.32. The van der Waals surface area contributed by atoms with Crippen LogP contribution in [0.1, 0.15) is 21.5 Å². The average Bonchev–Trinajstić information content (AvgIpc) is 2.30. The van der Waals surface area contributed by atoms with Gasteiger partial charge in [-0.15, -0.1) is 0 Å². The molecule has 0 aromatic heterocycles. The van der Waals surface area contributed by atoms with Gasteiger partial charge < -0.3 is 21.5 Å². The Bertz CT molecular complexity index is 472. The van der Waals surface area contributed by atoms with Crippen molar-refractivity contribution in [2.45, 2.75) is 13.8 Å². The lowest BCUT2D eigenvalue weighted by atomic mass is 10.0. The third-order valence-electron chi connectivity index (χ3n) is 2.59. The number of rotatable bonds is 4. The molecule has 18 heavy (non-hydrogen) atoms. The molecule has 2 amide bonds. The molecule has 6 nitrogen and oxygen atoms in total. The van der Waals surface area contributed by atoms with Crippen molar-refractivity contribution >= 4 is 17.7 Å². The maximum atomic E-state index is 11.4. The predicted molar refractivity (Wildman–Crippen MR) is 69.0 cm³/mol. The maximum Gasteiger partial charge on any atom is 0.336 e. The molecule has 1 rings (SSSR count). The van der Waals surface area contributed by atoms with E-state index in [1.54, 1.807) is 19.9 Å². The van der Waals surface area contributed by atoms with Crippen LogP contribution >= 0.6 is 0 Å². The van der Waals surface area contributed by atoms with E-state index in [1.807, 2.05) is 0 Å². The molecule has 1 aromatic rings. The summed E-state index contributed by atoms with van der Waals surface area (Å²) in [6.07, 6.45) is 0. The number of anilines is 1. The zero-order chi connectivity index (χ0) is 13.7. The molecule has 1 aromatic carbocycles. The first-order valence-electron chi connectivity index (χ1n) is 5.55. The maximum absolute atomic E-state index is 11.4. The van der Waals surface area contributed by atoms with E-state index in [0.717, 1.165) is 5.56 Å². The fraction of sp³-hybridized carbons (Fsp3) is 0.333. The van der Waals surface area contributed by atoms with Gasteiger partial charge in [0.2, 0.25) is 0 Å². The molecule has 0 saturated heterocycles. The summed E-state index contributed by atoms with van der Waals surface area (Å²) in [6, 6.07) is 2.76. The minimum atomic E-state index is -1.01. The van der Waals surface area contributed by atoms with Crippen LogP contribution in [-0.4, -0.2) is 30.2 Å². The summed E-state index contributed by atoms with van der Waals surface area (Å²) in [5.41, 5.74) is 7.39. The van der Waals surface area contributed by atoms with Crippen LogP contribution < -0.4 is 16.4 Å². The number of aromatic carboxylic acids is 1. The van der Waals surface area contributed by atoms with Crippen molar-refractivity contribution in [1.29, 1.82) is 0 Å². The van der Waals surface area contributed by atoms with Crippen molar-refractivity contribution in [3.05, 3.63) is 28.8 Å². The van der Waals surface area contributed by atoms with Crippen molar-refractivity contribution in [2.24, 2.45) is 5.73 Å². The van der Waals surface area contributed by atoms with Crippen molar-refractivity contribution in [2.75, 3.05) is 18.4 Å². The highest BCUT2D eigenvalue weighted by atomic mass is 16.4. The van der Waals surface area contributed by atoms with Crippen molar-refractivity contribution < 1.29 is 14.7 Å². The number of hydrogen-bond donors (Lipinski definition) is 4. The van der Waals surface area contributed by atoms with Gasteiger partial charge in [-0.3, -0.25) is 0 Å². The van der Waals surface area contributed by atoms with Gasteiger partial charge in [0.25, 0.3) is 0 Å². The van der Waals surface area contributed by atoms with Crippen molar-refractivity contribution in [1.82, 2.24) is 5.32 Å². The molecule has 0 atom stereocenters. The number of amides is 2. The SMILES string of the molecule is Cc1cc(NC(=O)NCCN)cc(C(=O)O)c1C. The van der Waals surface area contributed by atoms with Crippen LogP contribution in [0.15, 0.2) is 12.1 Å². The van der Waals surface area contributed by atoms with Crippen LogP contribution in [0.25, 0.3) is 0 Å². The molecule has 6 heteroatoms. The van der Waals surface area contributed by atoms with Gasteiger partial charge in [0.05, 0.1) is 5.56 Å². The lowest BCUT2D eigenvalue weighted by molar-refractivity contribution is 0.0696. The highest BCUT2D eigenvalue weighted by Gasteiger charge is 2.11. The number of carboxylic acids is 1. The minimum Gasteiger partial charge on any atom is -0.478 e. The van der Waals surface area contributed by atoms with Crippen molar-refractivity contribution in [3.8, 4) is 0 Å². The molecular weight excluding hydrogens is 234 g/mol. The third kappa shape index (κ3) is 3.46. The summed E-state index contributed by atoms with van der Waals surface area (Å²) >= 11 is 0. The number of nitrogens with two attached hydrogens (primary N) is 1. The van der Waals surface area contributed by atoms with Gasteiger partial charge in [-0.25, -0.2) is 9.59 Å². The molecule has 0 heterocycles. The largest absolute Gasteiger partial charge is 0.478 e. The number of carbonyl (C=O) groups is 2. The highest BCUT2D eigenvalue weighted by Crippen LogP contribution is 2.19. The van der Waals surface area contributed by atoms with E-state index < -0.39 is 12.0 Å². The fourth-order valence-electron chi connectivity index (χ4n) is 1.51. The quantitative estimate of drug-likeness (QED) is 0.642. The zero-order valence-electron chi connectivity index (χ0n) is 10.4.